The number of benzene rings is 1. The van der Waals surface area contributed by atoms with E-state index in [2.05, 4.69) is 5.32 Å². The summed E-state index contributed by atoms with van der Waals surface area (Å²) in [5.41, 5.74) is 1.17. The minimum atomic E-state index is -0.324. The van der Waals surface area contributed by atoms with E-state index in [1.807, 2.05) is 13.0 Å². The second-order valence-electron chi connectivity index (χ2n) is 3.65. The Morgan fingerprint density at radius 1 is 1.56 bits per heavy atom. The van der Waals surface area contributed by atoms with Crippen LogP contribution in [0.4, 0.5) is 4.39 Å². The van der Waals surface area contributed by atoms with Gasteiger partial charge in [0.05, 0.1) is 18.2 Å². The van der Waals surface area contributed by atoms with Crippen LogP contribution in [-0.2, 0) is 11.3 Å². The average molecular weight is 222 g/mol. The Hall–Kier alpha value is -1.44. The van der Waals surface area contributed by atoms with Gasteiger partial charge in [0.15, 0.2) is 0 Å². The van der Waals surface area contributed by atoms with Crippen molar-refractivity contribution in [3.8, 4) is 6.07 Å². The number of rotatable bonds is 5. The van der Waals surface area contributed by atoms with Crippen LogP contribution >= 0.6 is 0 Å². The van der Waals surface area contributed by atoms with Gasteiger partial charge in [-0.2, -0.15) is 5.26 Å². The molecule has 0 amide bonds. The molecule has 0 heterocycles. The van der Waals surface area contributed by atoms with Crippen LogP contribution in [0.1, 0.15) is 18.1 Å². The number of nitrogens with zero attached hydrogens (tertiary/aromatic N) is 1. The van der Waals surface area contributed by atoms with E-state index in [-0.39, 0.29) is 11.9 Å². The highest BCUT2D eigenvalue weighted by Gasteiger charge is 2.05. The molecule has 4 heteroatoms. The van der Waals surface area contributed by atoms with Gasteiger partial charge in [-0.1, -0.05) is 0 Å². The van der Waals surface area contributed by atoms with Gasteiger partial charge in [-0.3, -0.25) is 0 Å². The molecule has 1 aromatic rings. The Labute approximate surface area is 94.8 Å². The predicted octanol–water partition coefficient (Wildman–Crippen LogP) is 1.82. The fourth-order valence-electron chi connectivity index (χ4n) is 1.41. The topological polar surface area (TPSA) is 45.0 Å². The molecule has 1 aromatic carbocycles. The second-order valence-corrected chi connectivity index (χ2v) is 3.65. The van der Waals surface area contributed by atoms with E-state index >= 15 is 0 Å². The van der Waals surface area contributed by atoms with E-state index in [0.29, 0.717) is 24.3 Å². The van der Waals surface area contributed by atoms with E-state index < -0.39 is 0 Å². The molecule has 0 radical (unpaired) electrons. The van der Waals surface area contributed by atoms with Crippen LogP contribution in [0.5, 0.6) is 0 Å². The van der Waals surface area contributed by atoms with Crippen molar-refractivity contribution in [2.24, 2.45) is 0 Å². The molecular formula is C12H15FN2O. The van der Waals surface area contributed by atoms with Crippen molar-refractivity contribution >= 4 is 0 Å². The van der Waals surface area contributed by atoms with Crippen molar-refractivity contribution in [1.29, 1.82) is 5.26 Å². The standard InChI is InChI=1S/C12H15FN2O/c1-9(8-16-2)15-7-11-5-12(13)4-3-10(11)6-14/h3-5,9,15H,7-8H2,1-2H3. The minimum absolute atomic E-state index is 0.166. The van der Waals surface area contributed by atoms with Gasteiger partial charge in [-0.05, 0) is 30.7 Å². The smallest absolute Gasteiger partial charge is 0.123 e. The number of nitrogens with one attached hydrogen (secondary N) is 1. The lowest BCUT2D eigenvalue weighted by Gasteiger charge is -2.13. The number of hydrogen-bond acceptors (Lipinski definition) is 3. The summed E-state index contributed by atoms with van der Waals surface area (Å²) >= 11 is 0. The van der Waals surface area contributed by atoms with Crippen LogP contribution in [0.15, 0.2) is 18.2 Å². The Kier molecular flexibility index (Phi) is 4.90. The Morgan fingerprint density at radius 2 is 2.31 bits per heavy atom. The predicted molar refractivity (Wildman–Crippen MR) is 59.3 cm³/mol. The van der Waals surface area contributed by atoms with Crippen LogP contribution in [0, 0.1) is 17.1 Å². The molecule has 1 unspecified atom stereocenters. The van der Waals surface area contributed by atoms with Crippen molar-refractivity contribution in [2.45, 2.75) is 19.5 Å². The molecule has 0 aliphatic carbocycles. The zero-order chi connectivity index (χ0) is 12.0. The summed E-state index contributed by atoms with van der Waals surface area (Å²) < 4.78 is 18.0. The quantitative estimate of drug-likeness (QED) is 0.826. The zero-order valence-electron chi connectivity index (χ0n) is 9.46. The maximum atomic E-state index is 13.0. The second kappa shape index (κ2) is 6.21. The fraction of sp³-hybridized carbons (Fsp3) is 0.417. The van der Waals surface area contributed by atoms with Crippen molar-refractivity contribution in [2.75, 3.05) is 13.7 Å². The minimum Gasteiger partial charge on any atom is -0.383 e. The maximum absolute atomic E-state index is 13.0. The third kappa shape index (κ3) is 3.61. The van der Waals surface area contributed by atoms with Gasteiger partial charge < -0.3 is 10.1 Å². The summed E-state index contributed by atoms with van der Waals surface area (Å²) in [5, 5.41) is 12.0. The molecule has 0 aliphatic heterocycles. The molecule has 0 aliphatic rings. The zero-order valence-corrected chi connectivity index (χ0v) is 9.46. The largest absolute Gasteiger partial charge is 0.383 e. The van der Waals surface area contributed by atoms with Gasteiger partial charge >= 0.3 is 0 Å². The molecule has 1 rings (SSSR count). The first kappa shape index (κ1) is 12.6. The highest BCUT2D eigenvalue weighted by atomic mass is 19.1. The number of nitriles is 1. The number of halogens is 1. The number of methoxy groups -OCH3 is 1. The van der Waals surface area contributed by atoms with Gasteiger partial charge in [0.1, 0.15) is 5.82 Å². The normalized spacial score (nSPS) is 12.1. The van der Waals surface area contributed by atoms with Crippen LogP contribution < -0.4 is 5.32 Å². The van der Waals surface area contributed by atoms with Gasteiger partial charge in [-0.15, -0.1) is 0 Å². The Morgan fingerprint density at radius 3 is 2.94 bits per heavy atom. The first-order valence-electron chi connectivity index (χ1n) is 5.08. The van der Waals surface area contributed by atoms with Gasteiger partial charge in [0, 0.05) is 19.7 Å². The van der Waals surface area contributed by atoms with E-state index in [1.54, 1.807) is 7.11 Å². The molecule has 3 nitrogen and oxygen atoms in total. The summed E-state index contributed by atoms with van der Waals surface area (Å²) in [4.78, 5) is 0. The molecule has 16 heavy (non-hydrogen) atoms. The third-order valence-electron chi connectivity index (χ3n) is 2.25. The van der Waals surface area contributed by atoms with E-state index in [4.69, 9.17) is 10.00 Å². The van der Waals surface area contributed by atoms with Gasteiger partial charge in [0.2, 0.25) is 0 Å². The van der Waals surface area contributed by atoms with Crippen LogP contribution in [0.2, 0.25) is 0 Å². The summed E-state index contributed by atoms with van der Waals surface area (Å²) in [6, 6.07) is 6.37. The van der Waals surface area contributed by atoms with Crippen LogP contribution in [-0.4, -0.2) is 19.8 Å². The summed E-state index contributed by atoms with van der Waals surface area (Å²) in [7, 11) is 1.63. The molecule has 0 spiro atoms. The van der Waals surface area contributed by atoms with Gasteiger partial charge in [-0.25, -0.2) is 4.39 Å². The number of ether oxygens (including phenoxy) is 1. The monoisotopic (exact) mass is 222 g/mol. The molecule has 0 bridgehead atoms. The fourth-order valence-corrected chi connectivity index (χ4v) is 1.41. The molecule has 0 saturated carbocycles. The molecular weight excluding hydrogens is 207 g/mol. The summed E-state index contributed by atoms with van der Waals surface area (Å²) in [6.45, 7) is 3.01. The molecule has 86 valence electrons. The highest BCUT2D eigenvalue weighted by Crippen LogP contribution is 2.10. The van der Waals surface area contributed by atoms with Crippen molar-refractivity contribution in [3.05, 3.63) is 35.1 Å². The van der Waals surface area contributed by atoms with Gasteiger partial charge in [0.25, 0.3) is 0 Å². The van der Waals surface area contributed by atoms with Crippen LogP contribution in [0.25, 0.3) is 0 Å². The lowest BCUT2D eigenvalue weighted by molar-refractivity contribution is 0.171. The first-order valence-corrected chi connectivity index (χ1v) is 5.08. The Balaban J connectivity index is 2.66. The Bertz CT molecular complexity index is 387. The molecule has 0 aromatic heterocycles. The lowest BCUT2D eigenvalue weighted by Crippen LogP contribution is -2.29. The maximum Gasteiger partial charge on any atom is 0.123 e. The first-order chi connectivity index (χ1) is 7.67. The highest BCUT2D eigenvalue weighted by molar-refractivity contribution is 5.37. The van der Waals surface area contributed by atoms with Crippen molar-refractivity contribution in [1.82, 2.24) is 5.32 Å². The molecule has 1 N–H and O–H groups in total. The number of hydrogen-bond donors (Lipinski definition) is 1. The summed E-state index contributed by atoms with van der Waals surface area (Å²) in [5.74, 6) is -0.324. The molecule has 0 saturated heterocycles. The molecule has 1 atom stereocenters. The third-order valence-corrected chi connectivity index (χ3v) is 2.25. The van der Waals surface area contributed by atoms with Crippen LogP contribution in [0.3, 0.4) is 0 Å². The average Bonchev–Trinajstić information content (AvgIpc) is 2.27. The molecule has 0 fully saturated rings. The van der Waals surface area contributed by atoms with E-state index in [9.17, 15) is 4.39 Å². The lowest BCUT2D eigenvalue weighted by atomic mass is 10.1. The van der Waals surface area contributed by atoms with Crippen molar-refractivity contribution < 1.29 is 9.13 Å². The van der Waals surface area contributed by atoms with E-state index in [0.717, 1.165) is 0 Å². The van der Waals surface area contributed by atoms with E-state index in [1.165, 1.54) is 18.2 Å². The van der Waals surface area contributed by atoms with Crippen molar-refractivity contribution in [3.63, 3.8) is 0 Å². The SMILES string of the molecule is COCC(C)NCc1cc(F)ccc1C#N. The summed E-state index contributed by atoms with van der Waals surface area (Å²) in [6.07, 6.45) is 0.